The van der Waals surface area contributed by atoms with Gasteiger partial charge in [0.15, 0.2) is 0 Å². The molecule has 124 valence electrons. The van der Waals surface area contributed by atoms with Crippen LogP contribution >= 0.6 is 11.3 Å². The van der Waals surface area contributed by atoms with Crippen LogP contribution in [0.5, 0.6) is 5.75 Å². The molecule has 0 aliphatic heterocycles. The highest BCUT2D eigenvalue weighted by molar-refractivity contribution is 7.19. The fourth-order valence-corrected chi connectivity index (χ4v) is 3.82. The first-order valence-electron chi connectivity index (χ1n) is 8.07. The van der Waals surface area contributed by atoms with E-state index in [-0.39, 0.29) is 0 Å². The molecule has 4 aromatic rings. The highest BCUT2D eigenvalue weighted by Gasteiger charge is 2.12. The van der Waals surface area contributed by atoms with Crippen molar-refractivity contribution in [1.82, 2.24) is 4.98 Å². The van der Waals surface area contributed by atoms with Gasteiger partial charge in [-0.15, -0.1) is 11.3 Å². The molecule has 1 heterocycles. The Kier molecular flexibility index (Phi) is 4.22. The fourth-order valence-electron chi connectivity index (χ4n) is 2.89. The predicted molar refractivity (Wildman–Crippen MR) is 108 cm³/mol. The molecule has 3 nitrogen and oxygen atoms in total. The van der Waals surface area contributed by atoms with Crippen molar-refractivity contribution in [2.75, 3.05) is 0 Å². The first kappa shape index (κ1) is 16.1. The van der Waals surface area contributed by atoms with Crippen LogP contribution in [0.3, 0.4) is 0 Å². The summed E-state index contributed by atoms with van der Waals surface area (Å²) in [4.78, 5) is 4.60. The average molecular weight is 354 g/mol. The fraction of sp³-hybridized carbons (Fsp3) is 0. The summed E-state index contributed by atoms with van der Waals surface area (Å²) < 4.78 is 6.64. The van der Waals surface area contributed by atoms with Gasteiger partial charge in [0.1, 0.15) is 16.8 Å². The Labute approximate surface area is 155 Å². The monoisotopic (exact) mass is 354 g/mol. The van der Waals surface area contributed by atoms with Gasteiger partial charge < -0.3 is 4.74 Å². The van der Waals surface area contributed by atoms with Gasteiger partial charge >= 0.3 is 0 Å². The average Bonchev–Trinajstić information content (AvgIpc) is 3.11. The van der Waals surface area contributed by atoms with Gasteiger partial charge in [-0.1, -0.05) is 49.0 Å². The number of allylic oxidation sites excluding steroid dienone is 1. The van der Waals surface area contributed by atoms with Crippen molar-refractivity contribution >= 4 is 44.0 Å². The number of fused-ring (bicyclic) bond motifs is 2. The van der Waals surface area contributed by atoms with E-state index >= 15 is 0 Å². The lowest BCUT2D eigenvalue weighted by Gasteiger charge is -2.09. The van der Waals surface area contributed by atoms with Gasteiger partial charge in [-0.2, -0.15) is 5.26 Å². The van der Waals surface area contributed by atoms with Crippen LogP contribution < -0.4 is 4.74 Å². The molecule has 0 N–H and O–H groups in total. The van der Waals surface area contributed by atoms with Crippen LogP contribution in [0.15, 0.2) is 73.5 Å². The SMILES string of the molecule is C=COc1ccc2ccccc2c1/C=C(\C#N)c1nc2ccccc2s1. The summed E-state index contributed by atoms with van der Waals surface area (Å²) in [5, 5.41) is 12.5. The molecule has 0 saturated carbocycles. The van der Waals surface area contributed by atoms with E-state index in [4.69, 9.17) is 4.74 Å². The maximum absolute atomic E-state index is 9.75. The van der Waals surface area contributed by atoms with Crippen LogP contribution in [0.4, 0.5) is 0 Å². The van der Waals surface area contributed by atoms with E-state index in [2.05, 4.69) is 17.6 Å². The first-order valence-corrected chi connectivity index (χ1v) is 8.89. The third kappa shape index (κ3) is 2.85. The molecule has 1 aromatic heterocycles. The van der Waals surface area contributed by atoms with Gasteiger partial charge in [0, 0.05) is 5.56 Å². The van der Waals surface area contributed by atoms with Crippen LogP contribution in [0.25, 0.3) is 32.6 Å². The number of ether oxygens (including phenoxy) is 1. The topological polar surface area (TPSA) is 45.9 Å². The summed E-state index contributed by atoms with van der Waals surface area (Å²) in [6.45, 7) is 3.65. The van der Waals surface area contributed by atoms with Crippen molar-refractivity contribution in [2.24, 2.45) is 0 Å². The Morgan fingerprint density at radius 2 is 1.88 bits per heavy atom. The Morgan fingerprint density at radius 3 is 2.69 bits per heavy atom. The predicted octanol–water partition coefficient (Wildman–Crippen LogP) is 6.04. The summed E-state index contributed by atoms with van der Waals surface area (Å²) in [5.41, 5.74) is 2.25. The molecule has 0 amide bonds. The van der Waals surface area contributed by atoms with Gasteiger partial charge in [0.2, 0.25) is 0 Å². The highest BCUT2D eigenvalue weighted by atomic mass is 32.1. The molecular weight excluding hydrogens is 340 g/mol. The molecule has 4 rings (SSSR count). The largest absolute Gasteiger partial charge is 0.465 e. The zero-order valence-electron chi connectivity index (χ0n) is 13.8. The molecule has 3 aromatic carbocycles. The lowest BCUT2D eigenvalue weighted by atomic mass is 10.0. The van der Waals surface area contributed by atoms with E-state index in [9.17, 15) is 5.26 Å². The highest BCUT2D eigenvalue weighted by Crippen LogP contribution is 2.34. The standard InChI is InChI=1S/C22H14N2OS/c1-2-25-20-12-11-15-7-3-4-8-17(15)18(20)13-16(14-23)22-24-19-9-5-6-10-21(19)26-22/h2-13H,1H2/b16-13+. The van der Waals surface area contributed by atoms with Crippen molar-refractivity contribution in [3.63, 3.8) is 0 Å². The third-order valence-corrected chi connectivity index (χ3v) is 5.14. The Morgan fingerprint density at radius 1 is 1.08 bits per heavy atom. The number of para-hydroxylation sites is 1. The number of thiazole rings is 1. The second-order valence-corrected chi connectivity index (χ2v) is 6.67. The van der Waals surface area contributed by atoms with Gasteiger partial charge in [0.05, 0.1) is 22.1 Å². The van der Waals surface area contributed by atoms with Crippen molar-refractivity contribution in [3.05, 3.63) is 84.1 Å². The second-order valence-electron chi connectivity index (χ2n) is 5.64. The van der Waals surface area contributed by atoms with E-state index in [0.717, 1.165) is 26.6 Å². The maximum atomic E-state index is 9.75. The Bertz CT molecular complexity index is 1160. The summed E-state index contributed by atoms with van der Waals surface area (Å²) in [6.07, 6.45) is 3.24. The number of nitriles is 1. The van der Waals surface area contributed by atoms with Gasteiger partial charge in [-0.25, -0.2) is 4.98 Å². The lowest BCUT2D eigenvalue weighted by Crippen LogP contribution is -1.89. The minimum absolute atomic E-state index is 0.511. The smallest absolute Gasteiger partial charge is 0.135 e. The minimum Gasteiger partial charge on any atom is -0.465 e. The number of benzene rings is 3. The Hall–Kier alpha value is -3.42. The van der Waals surface area contributed by atoms with Gasteiger partial charge in [-0.3, -0.25) is 0 Å². The number of aromatic nitrogens is 1. The number of hydrogen-bond donors (Lipinski definition) is 0. The number of hydrogen-bond acceptors (Lipinski definition) is 4. The van der Waals surface area contributed by atoms with Gasteiger partial charge in [-0.05, 0) is 35.0 Å². The summed E-state index contributed by atoms with van der Waals surface area (Å²) in [7, 11) is 0. The quantitative estimate of drug-likeness (QED) is 0.332. The Balaban J connectivity index is 1.94. The molecule has 0 spiro atoms. The molecule has 0 aliphatic carbocycles. The molecule has 0 saturated heterocycles. The summed E-state index contributed by atoms with van der Waals surface area (Å²) in [6, 6.07) is 22.1. The molecule has 26 heavy (non-hydrogen) atoms. The molecule has 0 fully saturated rings. The third-order valence-electron chi connectivity index (χ3n) is 4.07. The van der Waals surface area contributed by atoms with Crippen molar-refractivity contribution < 1.29 is 4.74 Å². The van der Waals surface area contributed by atoms with E-state index in [0.29, 0.717) is 16.3 Å². The molecule has 0 atom stereocenters. The van der Waals surface area contributed by atoms with Crippen LogP contribution in [0, 0.1) is 11.3 Å². The molecule has 0 unspecified atom stereocenters. The number of rotatable bonds is 4. The second kappa shape index (κ2) is 6.83. The van der Waals surface area contributed by atoms with Crippen molar-refractivity contribution in [2.45, 2.75) is 0 Å². The summed E-state index contributed by atoms with van der Waals surface area (Å²) in [5.74, 6) is 0.660. The normalized spacial score (nSPS) is 11.4. The van der Waals surface area contributed by atoms with E-state index in [1.807, 2.05) is 66.7 Å². The lowest BCUT2D eigenvalue weighted by molar-refractivity contribution is 0.483. The van der Waals surface area contributed by atoms with E-state index in [1.54, 1.807) is 0 Å². The van der Waals surface area contributed by atoms with Crippen molar-refractivity contribution in [3.8, 4) is 11.8 Å². The molecule has 0 radical (unpaired) electrons. The first-order chi connectivity index (χ1) is 12.8. The van der Waals surface area contributed by atoms with Crippen LogP contribution in [-0.4, -0.2) is 4.98 Å². The van der Waals surface area contributed by atoms with Crippen LogP contribution in [0.2, 0.25) is 0 Å². The number of nitrogens with zero attached hydrogens (tertiary/aromatic N) is 2. The molecule has 0 aliphatic rings. The molecule has 4 heteroatoms. The summed E-state index contributed by atoms with van der Waals surface area (Å²) >= 11 is 1.51. The zero-order chi connectivity index (χ0) is 17.9. The maximum Gasteiger partial charge on any atom is 0.135 e. The van der Waals surface area contributed by atoms with Crippen LogP contribution in [-0.2, 0) is 0 Å². The molecular formula is C22H14N2OS. The van der Waals surface area contributed by atoms with E-state index < -0.39 is 0 Å². The minimum atomic E-state index is 0.511. The van der Waals surface area contributed by atoms with E-state index in [1.165, 1.54) is 17.6 Å². The molecule has 0 bridgehead atoms. The zero-order valence-corrected chi connectivity index (χ0v) is 14.7. The van der Waals surface area contributed by atoms with Gasteiger partial charge in [0.25, 0.3) is 0 Å². The van der Waals surface area contributed by atoms with Crippen LogP contribution in [0.1, 0.15) is 10.6 Å². The van der Waals surface area contributed by atoms with Crippen molar-refractivity contribution in [1.29, 1.82) is 5.26 Å².